The smallest absolute Gasteiger partial charge is 0.306 e. The molecule has 2 N–H and O–H groups in total. The number of nitrogens with one attached hydrogen (secondary N) is 1. The van der Waals surface area contributed by atoms with Crippen LogP contribution in [0.15, 0.2) is 0 Å². The molecule has 0 radical (unpaired) electrons. The van der Waals surface area contributed by atoms with Crippen LogP contribution in [-0.2, 0) is 4.79 Å². The molecule has 80 valence electrons. The summed E-state index contributed by atoms with van der Waals surface area (Å²) < 4.78 is 0. The molecule has 0 amide bonds. The van der Waals surface area contributed by atoms with Gasteiger partial charge >= 0.3 is 5.97 Å². The molecule has 1 saturated heterocycles. The highest BCUT2D eigenvalue weighted by molar-refractivity contribution is 5.70. The number of hydrogen-bond acceptors (Lipinski definition) is 2. The Bertz CT molecular complexity index is 213. The Balaban J connectivity index is 1.88. The first-order valence-electron chi connectivity index (χ1n) is 5.71. The quantitative estimate of drug-likeness (QED) is 0.720. The van der Waals surface area contributed by atoms with E-state index in [1.807, 2.05) is 0 Å². The summed E-state index contributed by atoms with van der Waals surface area (Å²) in [4.78, 5) is 11.0. The molecule has 2 aliphatic rings. The minimum absolute atomic E-state index is 0.0863. The summed E-state index contributed by atoms with van der Waals surface area (Å²) in [6, 6.07) is 0. The van der Waals surface area contributed by atoms with Crippen molar-refractivity contribution in [3.05, 3.63) is 0 Å². The van der Waals surface area contributed by atoms with Crippen LogP contribution in [0.5, 0.6) is 0 Å². The molecule has 2 rings (SSSR count). The highest BCUT2D eigenvalue weighted by atomic mass is 16.4. The number of carboxylic acids is 1. The zero-order valence-electron chi connectivity index (χ0n) is 8.54. The minimum Gasteiger partial charge on any atom is -0.481 e. The van der Waals surface area contributed by atoms with Crippen molar-refractivity contribution in [3.8, 4) is 0 Å². The predicted molar refractivity (Wildman–Crippen MR) is 54.1 cm³/mol. The Morgan fingerprint density at radius 3 is 2.71 bits per heavy atom. The molecule has 2 unspecified atom stereocenters. The molecule has 3 heteroatoms. The van der Waals surface area contributed by atoms with E-state index in [1.165, 1.54) is 19.3 Å². The SMILES string of the molecule is O=C(O)C1CCNCC1CC1CCC1. The van der Waals surface area contributed by atoms with Gasteiger partial charge in [-0.1, -0.05) is 19.3 Å². The van der Waals surface area contributed by atoms with E-state index in [4.69, 9.17) is 5.11 Å². The fourth-order valence-electron chi connectivity index (χ4n) is 2.65. The second-order valence-electron chi connectivity index (χ2n) is 4.73. The van der Waals surface area contributed by atoms with Gasteiger partial charge in [-0.15, -0.1) is 0 Å². The van der Waals surface area contributed by atoms with Gasteiger partial charge in [-0.3, -0.25) is 4.79 Å². The number of piperidine rings is 1. The van der Waals surface area contributed by atoms with Gasteiger partial charge in [0.1, 0.15) is 0 Å². The Morgan fingerprint density at radius 2 is 2.14 bits per heavy atom. The topological polar surface area (TPSA) is 49.3 Å². The molecule has 1 aliphatic carbocycles. The monoisotopic (exact) mass is 197 g/mol. The molecule has 3 nitrogen and oxygen atoms in total. The van der Waals surface area contributed by atoms with Crippen LogP contribution >= 0.6 is 0 Å². The van der Waals surface area contributed by atoms with E-state index in [2.05, 4.69) is 5.32 Å². The van der Waals surface area contributed by atoms with E-state index in [0.717, 1.165) is 31.8 Å². The van der Waals surface area contributed by atoms with Crippen molar-refractivity contribution >= 4 is 5.97 Å². The predicted octanol–water partition coefficient (Wildman–Crippen LogP) is 1.49. The highest BCUT2D eigenvalue weighted by Crippen LogP contribution is 2.35. The maximum absolute atomic E-state index is 11.0. The lowest BCUT2D eigenvalue weighted by Crippen LogP contribution is -2.41. The fourth-order valence-corrected chi connectivity index (χ4v) is 2.65. The van der Waals surface area contributed by atoms with Crippen LogP contribution in [0, 0.1) is 17.8 Å². The molecule has 0 aromatic heterocycles. The van der Waals surface area contributed by atoms with Crippen LogP contribution in [0.2, 0.25) is 0 Å². The summed E-state index contributed by atoms with van der Waals surface area (Å²) in [5.74, 6) is 0.529. The molecular formula is C11H19NO2. The second-order valence-corrected chi connectivity index (χ2v) is 4.73. The van der Waals surface area contributed by atoms with Crippen LogP contribution in [0.3, 0.4) is 0 Å². The number of rotatable bonds is 3. The molecule has 1 aliphatic heterocycles. The lowest BCUT2D eigenvalue weighted by atomic mass is 9.73. The number of carboxylic acid groups (broad SMARTS) is 1. The highest BCUT2D eigenvalue weighted by Gasteiger charge is 2.33. The lowest BCUT2D eigenvalue weighted by molar-refractivity contribution is -0.145. The third-order valence-electron chi connectivity index (χ3n) is 3.79. The van der Waals surface area contributed by atoms with E-state index < -0.39 is 5.97 Å². The average Bonchev–Trinajstić information content (AvgIpc) is 2.12. The summed E-state index contributed by atoms with van der Waals surface area (Å²) >= 11 is 0. The van der Waals surface area contributed by atoms with Gasteiger partial charge in [-0.2, -0.15) is 0 Å². The van der Waals surface area contributed by atoms with E-state index >= 15 is 0 Å². The number of hydrogen-bond donors (Lipinski definition) is 2. The van der Waals surface area contributed by atoms with Gasteiger partial charge < -0.3 is 10.4 Å². The first-order valence-corrected chi connectivity index (χ1v) is 5.71. The number of aliphatic carboxylic acids is 1. The molecular weight excluding hydrogens is 178 g/mol. The van der Waals surface area contributed by atoms with Crippen molar-refractivity contribution in [1.82, 2.24) is 5.32 Å². The van der Waals surface area contributed by atoms with Gasteiger partial charge in [0.05, 0.1) is 5.92 Å². The van der Waals surface area contributed by atoms with Crippen LogP contribution in [0.4, 0.5) is 0 Å². The summed E-state index contributed by atoms with van der Waals surface area (Å²) in [6.07, 6.45) is 5.94. The fraction of sp³-hybridized carbons (Fsp3) is 0.909. The maximum Gasteiger partial charge on any atom is 0.306 e. The largest absolute Gasteiger partial charge is 0.481 e. The van der Waals surface area contributed by atoms with Crippen LogP contribution in [-0.4, -0.2) is 24.2 Å². The second kappa shape index (κ2) is 4.30. The zero-order valence-corrected chi connectivity index (χ0v) is 8.54. The molecule has 1 heterocycles. The van der Waals surface area contributed by atoms with Crippen molar-refractivity contribution in [1.29, 1.82) is 0 Å². The Hall–Kier alpha value is -0.570. The standard InChI is InChI=1S/C11H19NO2/c13-11(14)10-4-5-12-7-9(10)6-8-2-1-3-8/h8-10,12H,1-7H2,(H,13,14). The molecule has 0 aromatic carbocycles. The summed E-state index contributed by atoms with van der Waals surface area (Å²) in [6.45, 7) is 1.78. The van der Waals surface area contributed by atoms with E-state index in [9.17, 15) is 4.79 Å². The third kappa shape index (κ3) is 2.08. The van der Waals surface area contributed by atoms with Crippen LogP contribution in [0.25, 0.3) is 0 Å². The molecule has 0 bridgehead atoms. The van der Waals surface area contributed by atoms with E-state index in [-0.39, 0.29) is 5.92 Å². The Morgan fingerprint density at radius 1 is 1.36 bits per heavy atom. The molecule has 2 atom stereocenters. The lowest BCUT2D eigenvalue weighted by Gasteiger charge is -2.35. The minimum atomic E-state index is -0.587. The van der Waals surface area contributed by atoms with Gasteiger partial charge in [0, 0.05) is 0 Å². The van der Waals surface area contributed by atoms with Crippen LogP contribution in [0.1, 0.15) is 32.1 Å². The van der Waals surface area contributed by atoms with Crippen molar-refractivity contribution in [2.45, 2.75) is 32.1 Å². The Labute approximate surface area is 84.9 Å². The first kappa shape index (κ1) is 9.97. The van der Waals surface area contributed by atoms with E-state index in [1.54, 1.807) is 0 Å². The van der Waals surface area contributed by atoms with Gasteiger partial charge in [0.2, 0.25) is 0 Å². The normalized spacial score (nSPS) is 33.7. The summed E-state index contributed by atoms with van der Waals surface area (Å²) in [5, 5.41) is 12.4. The van der Waals surface area contributed by atoms with Crippen molar-refractivity contribution in [2.75, 3.05) is 13.1 Å². The first-order chi connectivity index (χ1) is 6.77. The Kier molecular flexibility index (Phi) is 3.06. The molecule has 0 spiro atoms. The average molecular weight is 197 g/mol. The third-order valence-corrected chi connectivity index (χ3v) is 3.79. The zero-order chi connectivity index (χ0) is 9.97. The van der Waals surface area contributed by atoms with Gasteiger partial charge in [0.25, 0.3) is 0 Å². The van der Waals surface area contributed by atoms with Gasteiger partial charge in [-0.05, 0) is 37.8 Å². The summed E-state index contributed by atoms with van der Waals surface area (Å²) in [5.41, 5.74) is 0. The van der Waals surface area contributed by atoms with Crippen molar-refractivity contribution in [2.24, 2.45) is 17.8 Å². The summed E-state index contributed by atoms with van der Waals surface area (Å²) in [7, 11) is 0. The molecule has 2 fully saturated rings. The molecule has 14 heavy (non-hydrogen) atoms. The number of carbonyl (C=O) groups is 1. The van der Waals surface area contributed by atoms with Gasteiger partial charge in [0.15, 0.2) is 0 Å². The van der Waals surface area contributed by atoms with Crippen molar-refractivity contribution in [3.63, 3.8) is 0 Å². The molecule has 1 saturated carbocycles. The van der Waals surface area contributed by atoms with Gasteiger partial charge in [-0.25, -0.2) is 0 Å². The molecule has 0 aromatic rings. The van der Waals surface area contributed by atoms with Crippen LogP contribution < -0.4 is 5.32 Å². The van der Waals surface area contributed by atoms with Crippen molar-refractivity contribution < 1.29 is 9.90 Å². The van der Waals surface area contributed by atoms with E-state index in [0.29, 0.717) is 5.92 Å². The maximum atomic E-state index is 11.0.